The molecule has 0 saturated carbocycles. The highest BCUT2D eigenvalue weighted by Gasteiger charge is 2.19. The summed E-state index contributed by atoms with van der Waals surface area (Å²) >= 11 is 5.95. The molecular weight excluding hydrogens is 386 g/mol. The summed E-state index contributed by atoms with van der Waals surface area (Å²) in [6.45, 7) is 0.671. The number of benzene rings is 2. The van der Waals surface area contributed by atoms with Crippen LogP contribution in [0, 0.1) is 11.6 Å². The van der Waals surface area contributed by atoms with Crippen LogP contribution in [0.3, 0.4) is 0 Å². The molecule has 0 unspecified atom stereocenters. The van der Waals surface area contributed by atoms with Gasteiger partial charge in [-0.25, -0.2) is 8.78 Å². The van der Waals surface area contributed by atoms with E-state index >= 15 is 0 Å². The number of nitrogens with two attached hydrogens (primary N) is 1. The quantitative estimate of drug-likeness (QED) is 0.664. The largest absolute Gasteiger partial charge is 0.386 e. The van der Waals surface area contributed by atoms with E-state index in [1.165, 1.54) is 24.4 Å². The van der Waals surface area contributed by atoms with Gasteiger partial charge in [-0.3, -0.25) is 9.98 Å². The van der Waals surface area contributed by atoms with E-state index in [1.807, 2.05) is 0 Å². The van der Waals surface area contributed by atoms with Crippen molar-refractivity contribution in [3.05, 3.63) is 64.8 Å². The van der Waals surface area contributed by atoms with Crippen molar-refractivity contribution < 1.29 is 13.5 Å². The van der Waals surface area contributed by atoms with Gasteiger partial charge in [-0.05, 0) is 42.8 Å². The van der Waals surface area contributed by atoms with Gasteiger partial charge in [0.2, 0.25) is 0 Å². The van der Waals surface area contributed by atoms with Gasteiger partial charge in [0.1, 0.15) is 24.1 Å². The second kappa shape index (κ2) is 7.69. The molecule has 3 aromatic rings. The molecule has 2 heterocycles. The summed E-state index contributed by atoms with van der Waals surface area (Å²) in [5, 5.41) is 4.10. The summed E-state index contributed by atoms with van der Waals surface area (Å²) in [5.74, 6) is -0.486. The fraction of sp³-hybridized carbons (Fsp3) is 0.200. The standard InChI is InChI=1S/C20H17ClF2N4O/c21-12-5-11-6-13(22)7-18(20(11)25-9-12)26-14-1-2-16(23)15(8-14)17-3-4-28-10-19(24)27-17/h1-2,5-9,17,26H,3-4,10H2,(H2,24,27)/t17-/m0/s1. The highest BCUT2D eigenvalue weighted by molar-refractivity contribution is 6.31. The average molecular weight is 403 g/mol. The third-order valence-corrected chi connectivity index (χ3v) is 4.66. The first kappa shape index (κ1) is 18.6. The van der Waals surface area contributed by atoms with E-state index in [4.69, 9.17) is 22.1 Å². The summed E-state index contributed by atoms with van der Waals surface area (Å²) in [6, 6.07) is 8.46. The summed E-state index contributed by atoms with van der Waals surface area (Å²) in [4.78, 5) is 8.62. The predicted molar refractivity (Wildman–Crippen MR) is 106 cm³/mol. The van der Waals surface area contributed by atoms with Crippen molar-refractivity contribution in [2.45, 2.75) is 12.5 Å². The van der Waals surface area contributed by atoms with Crippen LogP contribution in [0.15, 0.2) is 47.6 Å². The molecule has 0 fully saturated rings. The van der Waals surface area contributed by atoms with Crippen molar-refractivity contribution in [3.8, 4) is 0 Å². The Labute approximate surface area is 165 Å². The number of nitrogens with zero attached hydrogens (tertiary/aromatic N) is 2. The zero-order valence-electron chi connectivity index (χ0n) is 14.8. The van der Waals surface area contributed by atoms with E-state index in [2.05, 4.69) is 15.3 Å². The first-order valence-electron chi connectivity index (χ1n) is 8.71. The number of anilines is 2. The fourth-order valence-corrected chi connectivity index (χ4v) is 3.38. The van der Waals surface area contributed by atoms with Gasteiger partial charge >= 0.3 is 0 Å². The van der Waals surface area contributed by atoms with E-state index in [0.29, 0.717) is 51.7 Å². The van der Waals surface area contributed by atoms with E-state index < -0.39 is 11.9 Å². The number of ether oxygens (including phenoxy) is 1. The van der Waals surface area contributed by atoms with Crippen LogP contribution >= 0.6 is 11.6 Å². The Kier molecular flexibility index (Phi) is 5.11. The van der Waals surface area contributed by atoms with Crippen LogP contribution in [0.5, 0.6) is 0 Å². The molecule has 4 rings (SSSR count). The van der Waals surface area contributed by atoms with Crippen LogP contribution in [0.25, 0.3) is 10.9 Å². The molecule has 0 spiro atoms. The highest BCUT2D eigenvalue weighted by atomic mass is 35.5. The molecule has 2 aromatic carbocycles. The van der Waals surface area contributed by atoms with Gasteiger partial charge in [-0.1, -0.05) is 11.6 Å². The first-order chi connectivity index (χ1) is 13.5. The van der Waals surface area contributed by atoms with Gasteiger partial charge in [0.25, 0.3) is 0 Å². The molecular formula is C20H17ClF2N4O. The van der Waals surface area contributed by atoms with Crippen molar-refractivity contribution in [2.24, 2.45) is 10.7 Å². The number of nitrogens with one attached hydrogen (secondary N) is 1. The Hall–Kier alpha value is -2.77. The molecule has 28 heavy (non-hydrogen) atoms. The third kappa shape index (κ3) is 3.90. The van der Waals surface area contributed by atoms with Crippen LogP contribution in [0.1, 0.15) is 18.0 Å². The Morgan fingerprint density at radius 3 is 2.89 bits per heavy atom. The number of amidine groups is 1. The van der Waals surface area contributed by atoms with Gasteiger partial charge in [-0.2, -0.15) is 0 Å². The maximum Gasteiger partial charge on any atom is 0.128 e. The van der Waals surface area contributed by atoms with Crippen molar-refractivity contribution in [1.82, 2.24) is 4.98 Å². The minimum absolute atomic E-state index is 0.236. The summed E-state index contributed by atoms with van der Waals surface area (Å²) in [5.41, 5.74) is 7.78. The van der Waals surface area contributed by atoms with E-state index in [9.17, 15) is 8.78 Å². The lowest BCUT2D eigenvalue weighted by atomic mass is 10.0. The number of aliphatic imine (C=N–C) groups is 1. The van der Waals surface area contributed by atoms with Gasteiger partial charge in [0, 0.05) is 29.4 Å². The minimum atomic E-state index is -0.439. The molecule has 0 bridgehead atoms. The molecule has 0 radical (unpaired) electrons. The van der Waals surface area contributed by atoms with Crippen LogP contribution in [0.4, 0.5) is 20.2 Å². The summed E-state index contributed by atoms with van der Waals surface area (Å²) in [6.07, 6.45) is 2.01. The Morgan fingerprint density at radius 2 is 2.04 bits per heavy atom. The number of rotatable bonds is 3. The molecule has 0 aliphatic carbocycles. The normalized spacial score (nSPS) is 17.2. The average Bonchev–Trinajstić information content (AvgIpc) is 2.87. The van der Waals surface area contributed by atoms with Crippen molar-refractivity contribution in [3.63, 3.8) is 0 Å². The maximum absolute atomic E-state index is 14.4. The lowest BCUT2D eigenvalue weighted by molar-refractivity contribution is 0.169. The van der Waals surface area contributed by atoms with Crippen molar-refractivity contribution >= 4 is 39.7 Å². The molecule has 0 amide bonds. The van der Waals surface area contributed by atoms with Gasteiger partial charge in [-0.15, -0.1) is 0 Å². The predicted octanol–water partition coefficient (Wildman–Crippen LogP) is 4.73. The van der Waals surface area contributed by atoms with Crippen LogP contribution in [-0.2, 0) is 4.74 Å². The molecule has 8 heteroatoms. The van der Waals surface area contributed by atoms with Crippen LogP contribution in [-0.4, -0.2) is 24.0 Å². The zero-order chi connectivity index (χ0) is 19.7. The SMILES string of the molecule is NC1=N[C@H](c2cc(Nc3cc(F)cc4cc(Cl)cnc34)ccc2F)CCOC1. The van der Waals surface area contributed by atoms with E-state index in [0.717, 1.165) is 0 Å². The molecule has 3 N–H and O–H groups in total. The number of aromatic nitrogens is 1. The number of hydrogen-bond acceptors (Lipinski definition) is 5. The number of pyridine rings is 1. The van der Waals surface area contributed by atoms with Gasteiger partial charge in [0.15, 0.2) is 0 Å². The number of halogens is 3. The highest BCUT2D eigenvalue weighted by Crippen LogP contribution is 2.32. The van der Waals surface area contributed by atoms with Crippen LogP contribution in [0.2, 0.25) is 5.02 Å². The Bertz CT molecular complexity index is 1070. The van der Waals surface area contributed by atoms with E-state index in [-0.39, 0.29) is 12.4 Å². The maximum atomic E-state index is 14.4. The molecule has 1 aliphatic heterocycles. The Balaban J connectivity index is 1.72. The first-order valence-corrected chi connectivity index (χ1v) is 9.08. The molecule has 1 aliphatic rings. The van der Waals surface area contributed by atoms with Crippen LogP contribution < -0.4 is 11.1 Å². The number of hydrogen-bond donors (Lipinski definition) is 2. The smallest absolute Gasteiger partial charge is 0.128 e. The Morgan fingerprint density at radius 1 is 1.18 bits per heavy atom. The molecule has 1 aromatic heterocycles. The van der Waals surface area contributed by atoms with Gasteiger partial charge < -0.3 is 15.8 Å². The fourth-order valence-electron chi connectivity index (χ4n) is 3.21. The molecule has 0 saturated heterocycles. The molecule has 144 valence electrons. The van der Waals surface area contributed by atoms with E-state index in [1.54, 1.807) is 18.2 Å². The summed E-state index contributed by atoms with van der Waals surface area (Å²) in [7, 11) is 0. The second-order valence-electron chi connectivity index (χ2n) is 6.52. The third-order valence-electron chi connectivity index (χ3n) is 4.46. The monoisotopic (exact) mass is 402 g/mol. The zero-order valence-corrected chi connectivity index (χ0v) is 15.5. The van der Waals surface area contributed by atoms with Gasteiger partial charge in [0.05, 0.1) is 22.3 Å². The lowest BCUT2D eigenvalue weighted by Gasteiger charge is -2.15. The second-order valence-corrected chi connectivity index (χ2v) is 6.95. The van der Waals surface area contributed by atoms with Crippen molar-refractivity contribution in [2.75, 3.05) is 18.5 Å². The topological polar surface area (TPSA) is 72.5 Å². The lowest BCUT2D eigenvalue weighted by Crippen LogP contribution is -2.17. The molecule has 1 atom stereocenters. The molecule has 5 nitrogen and oxygen atoms in total. The van der Waals surface area contributed by atoms with Crippen molar-refractivity contribution in [1.29, 1.82) is 0 Å². The number of fused-ring (bicyclic) bond motifs is 1. The summed E-state index contributed by atoms with van der Waals surface area (Å²) < 4.78 is 33.8. The minimum Gasteiger partial charge on any atom is -0.386 e.